The summed E-state index contributed by atoms with van der Waals surface area (Å²) in [5, 5.41) is 11.2. The summed E-state index contributed by atoms with van der Waals surface area (Å²) in [5.41, 5.74) is 5.48. The van der Waals surface area contributed by atoms with Gasteiger partial charge in [0.05, 0.1) is 18.3 Å². The number of nitrogens with one attached hydrogen (secondary N) is 2. The summed E-state index contributed by atoms with van der Waals surface area (Å²) in [6, 6.07) is 9.83. The predicted molar refractivity (Wildman–Crippen MR) is 152 cm³/mol. The van der Waals surface area contributed by atoms with E-state index < -0.39 is 5.92 Å². The zero-order valence-corrected chi connectivity index (χ0v) is 23.3. The van der Waals surface area contributed by atoms with Gasteiger partial charge in [-0.3, -0.25) is 14.7 Å². The molecule has 1 aliphatic heterocycles. The fourth-order valence-corrected chi connectivity index (χ4v) is 5.80. The van der Waals surface area contributed by atoms with Gasteiger partial charge in [-0.15, -0.1) is 0 Å². The summed E-state index contributed by atoms with van der Waals surface area (Å²) in [6.45, 7) is 1.52. The Bertz CT molecular complexity index is 1330. The van der Waals surface area contributed by atoms with Crippen molar-refractivity contribution in [2.45, 2.75) is 32.3 Å². The molecule has 0 unspecified atom stereocenters. The molecule has 2 N–H and O–H groups in total. The third-order valence-corrected chi connectivity index (χ3v) is 7.92. The molecule has 0 spiro atoms. The van der Waals surface area contributed by atoms with E-state index in [4.69, 9.17) is 4.74 Å². The summed E-state index contributed by atoms with van der Waals surface area (Å²) < 4.78 is 6.27. The van der Waals surface area contributed by atoms with Gasteiger partial charge in [-0.25, -0.2) is 0 Å². The number of para-hydroxylation sites is 1. The molecule has 3 aromatic rings. The Morgan fingerprint density at radius 1 is 1.29 bits per heavy atom. The van der Waals surface area contributed by atoms with E-state index >= 15 is 0 Å². The van der Waals surface area contributed by atoms with Crippen LogP contribution in [0.4, 0.5) is 5.69 Å². The second-order valence-electron chi connectivity index (χ2n) is 9.65. The second kappa shape index (κ2) is 13.0. The predicted octanol–water partition coefficient (Wildman–Crippen LogP) is 4.78. The number of likely N-dealkylation sites (tertiary alicyclic amines) is 1. The maximum atomic E-state index is 13.2. The number of aldehydes is 2. The van der Waals surface area contributed by atoms with Crippen molar-refractivity contribution in [2.75, 3.05) is 32.6 Å². The first-order valence-corrected chi connectivity index (χ1v) is 13.6. The number of aromatic nitrogens is 2. The monoisotopic (exact) mass is 580 g/mol. The van der Waals surface area contributed by atoms with E-state index in [1.54, 1.807) is 13.3 Å². The van der Waals surface area contributed by atoms with Crippen molar-refractivity contribution in [3.63, 3.8) is 0 Å². The SMILES string of the molecule is CNc1ccccc1/C=C(\C=O)C1CCN(C(=O)C[C@@H](C=O)Cc2cc(Br)c3[nH]ncc3c2COC)CC1. The first kappa shape index (κ1) is 27.7. The Kier molecular flexibility index (Phi) is 9.47. The molecule has 0 saturated carbocycles. The molecule has 1 aromatic heterocycles. The van der Waals surface area contributed by atoms with Crippen LogP contribution < -0.4 is 5.32 Å². The van der Waals surface area contributed by atoms with Crippen LogP contribution in [0.15, 0.2) is 46.6 Å². The van der Waals surface area contributed by atoms with Gasteiger partial charge in [0.1, 0.15) is 12.6 Å². The van der Waals surface area contributed by atoms with E-state index in [2.05, 4.69) is 31.4 Å². The highest BCUT2D eigenvalue weighted by Crippen LogP contribution is 2.32. The molecule has 0 bridgehead atoms. The van der Waals surface area contributed by atoms with E-state index in [1.165, 1.54) is 0 Å². The van der Waals surface area contributed by atoms with Crippen LogP contribution >= 0.6 is 15.9 Å². The first-order chi connectivity index (χ1) is 18.5. The fourth-order valence-electron chi connectivity index (χ4n) is 5.22. The van der Waals surface area contributed by atoms with E-state index in [9.17, 15) is 14.4 Å². The van der Waals surface area contributed by atoms with Gasteiger partial charge in [0.15, 0.2) is 0 Å². The number of methoxy groups -OCH3 is 1. The van der Waals surface area contributed by atoms with Crippen molar-refractivity contribution in [2.24, 2.45) is 11.8 Å². The third kappa shape index (κ3) is 6.22. The maximum Gasteiger partial charge on any atom is 0.223 e. The lowest BCUT2D eigenvalue weighted by Gasteiger charge is -2.33. The van der Waals surface area contributed by atoms with Crippen LogP contribution in [-0.4, -0.2) is 60.8 Å². The zero-order chi connectivity index (χ0) is 27.1. The van der Waals surface area contributed by atoms with Gasteiger partial charge in [0.25, 0.3) is 0 Å². The molecular weight excluding hydrogens is 548 g/mol. The molecular formula is C29H33BrN4O4. The summed E-state index contributed by atoms with van der Waals surface area (Å²) in [6.07, 6.45) is 7.52. The number of rotatable bonds is 11. The van der Waals surface area contributed by atoms with Gasteiger partial charge >= 0.3 is 0 Å². The first-order valence-electron chi connectivity index (χ1n) is 12.8. The molecule has 8 nitrogen and oxygen atoms in total. The van der Waals surface area contributed by atoms with Crippen molar-refractivity contribution in [1.82, 2.24) is 15.1 Å². The minimum absolute atomic E-state index is 0.0329. The average Bonchev–Trinajstić information content (AvgIpc) is 3.44. The van der Waals surface area contributed by atoms with Crippen molar-refractivity contribution in [3.8, 4) is 0 Å². The summed E-state index contributed by atoms with van der Waals surface area (Å²) in [4.78, 5) is 38.9. The zero-order valence-electron chi connectivity index (χ0n) is 21.7. The molecule has 4 rings (SSSR count). The number of H-pyrrole nitrogens is 1. The van der Waals surface area contributed by atoms with E-state index in [-0.39, 0.29) is 18.2 Å². The number of carbonyl (C=O) groups is 3. The number of hydrogen-bond acceptors (Lipinski definition) is 6. The Balaban J connectivity index is 1.40. The van der Waals surface area contributed by atoms with Crippen LogP contribution in [0.25, 0.3) is 17.0 Å². The number of halogens is 1. The summed E-state index contributed by atoms with van der Waals surface area (Å²) >= 11 is 3.58. The molecule has 9 heteroatoms. The van der Waals surface area contributed by atoms with Crippen LogP contribution in [0, 0.1) is 11.8 Å². The lowest BCUT2D eigenvalue weighted by molar-refractivity contribution is -0.134. The third-order valence-electron chi connectivity index (χ3n) is 7.30. The summed E-state index contributed by atoms with van der Waals surface area (Å²) in [7, 11) is 3.49. The van der Waals surface area contributed by atoms with Gasteiger partial charge in [-0.05, 0) is 81.6 Å². The number of piperidine rings is 1. The lowest BCUT2D eigenvalue weighted by atomic mass is 9.87. The molecule has 200 valence electrons. The fraction of sp³-hybridized carbons (Fsp3) is 0.379. The van der Waals surface area contributed by atoms with Gasteiger partial charge < -0.3 is 19.7 Å². The number of nitrogens with zero attached hydrogens (tertiary/aromatic N) is 2. The van der Waals surface area contributed by atoms with Gasteiger partial charge in [0.2, 0.25) is 5.91 Å². The normalized spacial score (nSPS) is 15.4. The standard InChI is InChI=1S/C29H33BrN4O4/c1-31-27-6-4-3-5-21(27)13-23(17-36)20-7-9-34(10-8-20)28(37)12-19(16-35)11-22-14-26(30)29-24(15-32-33-29)25(22)18-38-2/h3-6,13-17,19-20,31H,7-12,18H2,1-2H3,(H,32,33)/b23-13+/t19-/m0/s1. The molecule has 0 radical (unpaired) electrons. The molecule has 0 aliphatic carbocycles. The van der Waals surface area contributed by atoms with Crippen LogP contribution in [-0.2, 0) is 32.1 Å². The number of fused-ring (bicyclic) bond motifs is 1. The number of hydrogen-bond donors (Lipinski definition) is 2. The van der Waals surface area contributed by atoms with Crippen molar-refractivity contribution in [3.05, 3.63) is 63.3 Å². The molecule has 1 amide bonds. The minimum Gasteiger partial charge on any atom is -0.388 e. The van der Waals surface area contributed by atoms with Crippen molar-refractivity contribution in [1.29, 1.82) is 0 Å². The molecule has 1 fully saturated rings. The molecule has 2 heterocycles. The number of carbonyl (C=O) groups excluding carboxylic acids is 3. The maximum absolute atomic E-state index is 13.2. The smallest absolute Gasteiger partial charge is 0.223 e. The molecule has 1 aliphatic rings. The second-order valence-corrected chi connectivity index (χ2v) is 10.5. The minimum atomic E-state index is -0.449. The Labute approximate surface area is 230 Å². The number of allylic oxidation sites excluding steroid dienone is 1. The van der Waals surface area contributed by atoms with E-state index in [0.29, 0.717) is 39.0 Å². The number of ether oxygens (including phenoxy) is 1. The van der Waals surface area contributed by atoms with Crippen LogP contribution in [0.5, 0.6) is 0 Å². The number of benzene rings is 2. The van der Waals surface area contributed by atoms with Gasteiger partial charge in [-0.1, -0.05) is 18.2 Å². The highest BCUT2D eigenvalue weighted by atomic mass is 79.9. The Hall–Kier alpha value is -3.30. The topological polar surface area (TPSA) is 104 Å². The van der Waals surface area contributed by atoms with Crippen molar-refractivity contribution >= 4 is 57.1 Å². The number of anilines is 1. The highest BCUT2D eigenvalue weighted by Gasteiger charge is 2.27. The Morgan fingerprint density at radius 3 is 2.74 bits per heavy atom. The number of aromatic amines is 1. The summed E-state index contributed by atoms with van der Waals surface area (Å²) in [5.74, 6) is -0.385. The quantitative estimate of drug-likeness (QED) is 0.250. The van der Waals surface area contributed by atoms with Crippen LogP contribution in [0.3, 0.4) is 0 Å². The molecule has 1 atom stereocenters. The molecule has 1 saturated heterocycles. The molecule has 2 aromatic carbocycles. The largest absolute Gasteiger partial charge is 0.388 e. The van der Waals surface area contributed by atoms with Gasteiger partial charge in [0, 0.05) is 55.1 Å². The number of amides is 1. The van der Waals surface area contributed by atoms with Gasteiger partial charge in [-0.2, -0.15) is 5.10 Å². The van der Waals surface area contributed by atoms with Crippen LogP contribution in [0.2, 0.25) is 0 Å². The van der Waals surface area contributed by atoms with E-state index in [0.717, 1.165) is 55.9 Å². The van der Waals surface area contributed by atoms with Crippen LogP contribution in [0.1, 0.15) is 36.0 Å². The Morgan fingerprint density at radius 2 is 2.05 bits per heavy atom. The highest BCUT2D eigenvalue weighted by molar-refractivity contribution is 9.10. The lowest BCUT2D eigenvalue weighted by Crippen LogP contribution is -2.40. The molecule has 38 heavy (non-hydrogen) atoms. The van der Waals surface area contributed by atoms with Crippen molar-refractivity contribution < 1.29 is 19.1 Å². The average molecular weight is 582 g/mol. The van der Waals surface area contributed by atoms with E-state index in [1.807, 2.05) is 48.4 Å².